The van der Waals surface area contributed by atoms with Crippen LogP contribution in [0.25, 0.3) is 0 Å². The first kappa shape index (κ1) is 21.0. The molecule has 4 rings (SSSR count). The van der Waals surface area contributed by atoms with Gasteiger partial charge in [-0.3, -0.25) is 4.79 Å². The SMILES string of the molecule is CC[C@H](C)COC(=O)c1cccc(C(=O)C2[C@H](c3ccccc3)[C@H]2c2ccccc2)c1. The number of benzene rings is 3. The molecule has 3 aromatic rings. The summed E-state index contributed by atoms with van der Waals surface area (Å²) in [6.45, 7) is 4.51. The Bertz CT molecular complexity index is 997. The van der Waals surface area contributed by atoms with Crippen molar-refractivity contribution in [2.75, 3.05) is 6.61 Å². The van der Waals surface area contributed by atoms with Crippen molar-refractivity contribution in [2.45, 2.75) is 32.1 Å². The van der Waals surface area contributed by atoms with E-state index in [0.29, 0.717) is 23.7 Å². The first-order valence-corrected chi connectivity index (χ1v) is 11.0. The predicted molar refractivity (Wildman–Crippen MR) is 122 cm³/mol. The standard InChI is InChI=1S/C28H28O3/c1-3-19(2)18-31-28(30)23-16-10-15-22(17-23)27(29)26-24(20-11-6-4-7-12-20)25(26)21-13-8-5-9-14-21/h4-17,19,24-26H,3,18H2,1-2H3/t19-,24+,25+/m0/s1. The maximum absolute atomic E-state index is 13.5. The van der Waals surface area contributed by atoms with Crippen LogP contribution in [0.1, 0.15) is 63.9 Å². The van der Waals surface area contributed by atoms with Gasteiger partial charge in [-0.2, -0.15) is 0 Å². The number of carbonyl (C=O) groups excluding carboxylic acids is 2. The molecule has 0 heterocycles. The van der Waals surface area contributed by atoms with Crippen molar-refractivity contribution in [1.82, 2.24) is 0 Å². The summed E-state index contributed by atoms with van der Waals surface area (Å²) < 4.78 is 5.42. The third-order valence-electron chi connectivity index (χ3n) is 6.27. The highest BCUT2D eigenvalue weighted by molar-refractivity contribution is 6.03. The molecule has 1 aliphatic carbocycles. The highest BCUT2D eigenvalue weighted by Crippen LogP contribution is 2.61. The number of carbonyl (C=O) groups is 2. The van der Waals surface area contributed by atoms with Gasteiger partial charge in [-0.25, -0.2) is 4.79 Å². The molecule has 158 valence electrons. The minimum Gasteiger partial charge on any atom is -0.462 e. The van der Waals surface area contributed by atoms with Crippen LogP contribution >= 0.6 is 0 Å². The predicted octanol–water partition coefficient (Wildman–Crippen LogP) is 6.27. The van der Waals surface area contributed by atoms with Gasteiger partial charge in [0.15, 0.2) is 5.78 Å². The average molecular weight is 413 g/mol. The molecule has 1 aliphatic rings. The lowest BCUT2D eigenvalue weighted by molar-refractivity contribution is 0.0447. The maximum atomic E-state index is 13.5. The molecule has 3 atom stereocenters. The van der Waals surface area contributed by atoms with Gasteiger partial charge >= 0.3 is 5.97 Å². The minimum atomic E-state index is -0.370. The van der Waals surface area contributed by atoms with Crippen molar-refractivity contribution in [2.24, 2.45) is 11.8 Å². The van der Waals surface area contributed by atoms with Crippen LogP contribution in [0.4, 0.5) is 0 Å². The second kappa shape index (κ2) is 9.30. The molecule has 31 heavy (non-hydrogen) atoms. The fourth-order valence-corrected chi connectivity index (χ4v) is 4.23. The van der Waals surface area contributed by atoms with Crippen LogP contribution in [0.2, 0.25) is 0 Å². The van der Waals surface area contributed by atoms with Crippen molar-refractivity contribution in [3.63, 3.8) is 0 Å². The highest BCUT2D eigenvalue weighted by atomic mass is 16.5. The van der Waals surface area contributed by atoms with Gasteiger partial charge in [-0.15, -0.1) is 0 Å². The first-order chi connectivity index (χ1) is 15.1. The summed E-state index contributed by atoms with van der Waals surface area (Å²) in [6.07, 6.45) is 0.954. The van der Waals surface area contributed by atoms with E-state index in [1.54, 1.807) is 24.3 Å². The Balaban J connectivity index is 1.57. The molecule has 0 bridgehead atoms. The summed E-state index contributed by atoms with van der Waals surface area (Å²) in [5.41, 5.74) is 3.36. The Morgan fingerprint density at radius 2 is 1.35 bits per heavy atom. The zero-order valence-corrected chi connectivity index (χ0v) is 18.0. The third-order valence-corrected chi connectivity index (χ3v) is 6.27. The van der Waals surface area contributed by atoms with E-state index < -0.39 is 0 Å². The molecule has 3 aromatic carbocycles. The van der Waals surface area contributed by atoms with Crippen LogP contribution in [0.3, 0.4) is 0 Å². The molecular weight excluding hydrogens is 384 g/mol. The number of Topliss-reactive ketones (excluding diaryl/α,β-unsaturated/α-hetero) is 1. The van der Waals surface area contributed by atoms with Crippen molar-refractivity contribution in [3.05, 3.63) is 107 Å². The molecule has 0 aliphatic heterocycles. The molecule has 3 heteroatoms. The van der Waals surface area contributed by atoms with Gasteiger partial charge in [0.2, 0.25) is 0 Å². The summed E-state index contributed by atoms with van der Waals surface area (Å²) in [6, 6.07) is 27.4. The van der Waals surface area contributed by atoms with E-state index in [1.807, 2.05) is 43.3 Å². The number of ether oxygens (including phenoxy) is 1. The highest BCUT2D eigenvalue weighted by Gasteiger charge is 2.55. The average Bonchev–Trinajstić information content (AvgIpc) is 3.58. The fraction of sp³-hybridized carbons (Fsp3) is 0.286. The number of hydrogen-bond acceptors (Lipinski definition) is 3. The molecule has 1 saturated carbocycles. The maximum Gasteiger partial charge on any atom is 0.338 e. The molecule has 0 amide bonds. The Labute approximate surface area is 184 Å². The van der Waals surface area contributed by atoms with E-state index in [1.165, 1.54) is 11.1 Å². The third kappa shape index (κ3) is 4.61. The number of hydrogen-bond donors (Lipinski definition) is 0. The van der Waals surface area contributed by atoms with E-state index >= 15 is 0 Å². The summed E-state index contributed by atoms with van der Waals surface area (Å²) in [5, 5.41) is 0. The van der Waals surface area contributed by atoms with Gasteiger partial charge in [0.1, 0.15) is 0 Å². The van der Waals surface area contributed by atoms with E-state index in [4.69, 9.17) is 4.74 Å². The topological polar surface area (TPSA) is 43.4 Å². The Kier molecular flexibility index (Phi) is 6.31. The molecule has 0 unspecified atom stereocenters. The Morgan fingerprint density at radius 3 is 1.90 bits per heavy atom. The van der Waals surface area contributed by atoms with E-state index in [2.05, 4.69) is 31.2 Å². The van der Waals surface area contributed by atoms with Gasteiger partial charge in [-0.05, 0) is 29.2 Å². The molecule has 0 aromatic heterocycles. The molecule has 0 radical (unpaired) electrons. The van der Waals surface area contributed by atoms with Gasteiger partial charge < -0.3 is 4.74 Å². The van der Waals surface area contributed by atoms with Crippen molar-refractivity contribution in [3.8, 4) is 0 Å². The fourth-order valence-electron chi connectivity index (χ4n) is 4.23. The van der Waals surface area contributed by atoms with Gasteiger partial charge in [0, 0.05) is 23.3 Å². The zero-order chi connectivity index (χ0) is 21.8. The lowest BCUT2D eigenvalue weighted by atomic mass is 10.0. The van der Waals surface area contributed by atoms with Crippen LogP contribution in [-0.2, 0) is 4.74 Å². The zero-order valence-electron chi connectivity index (χ0n) is 18.0. The van der Waals surface area contributed by atoms with Crippen LogP contribution < -0.4 is 0 Å². The first-order valence-electron chi connectivity index (χ1n) is 11.0. The second-order valence-electron chi connectivity index (χ2n) is 8.46. The second-order valence-corrected chi connectivity index (χ2v) is 8.46. The monoisotopic (exact) mass is 412 g/mol. The lowest BCUT2D eigenvalue weighted by Gasteiger charge is -2.10. The molecule has 0 saturated heterocycles. The normalized spacial score (nSPS) is 20.6. The van der Waals surface area contributed by atoms with Crippen molar-refractivity contribution < 1.29 is 14.3 Å². The van der Waals surface area contributed by atoms with Crippen molar-refractivity contribution >= 4 is 11.8 Å². The summed E-state index contributed by atoms with van der Waals surface area (Å²) in [7, 11) is 0. The van der Waals surface area contributed by atoms with Crippen LogP contribution in [0.5, 0.6) is 0 Å². The van der Waals surface area contributed by atoms with E-state index in [9.17, 15) is 9.59 Å². The molecule has 0 N–H and O–H groups in total. The summed E-state index contributed by atoms with van der Waals surface area (Å²) in [5.74, 6) is 0.202. The smallest absolute Gasteiger partial charge is 0.338 e. The van der Waals surface area contributed by atoms with E-state index in [0.717, 1.165) is 6.42 Å². The number of ketones is 1. The molecule has 0 spiro atoms. The number of rotatable bonds is 8. The van der Waals surface area contributed by atoms with E-state index in [-0.39, 0.29) is 29.5 Å². The molecule has 3 nitrogen and oxygen atoms in total. The minimum absolute atomic E-state index is 0.0827. The van der Waals surface area contributed by atoms with Crippen LogP contribution in [0.15, 0.2) is 84.9 Å². The molecular formula is C28H28O3. The quantitative estimate of drug-likeness (QED) is 0.323. The summed E-state index contributed by atoms with van der Waals surface area (Å²) >= 11 is 0. The Morgan fingerprint density at radius 1 is 0.806 bits per heavy atom. The largest absolute Gasteiger partial charge is 0.462 e. The van der Waals surface area contributed by atoms with Gasteiger partial charge in [0.05, 0.1) is 12.2 Å². The van der Waals surface area contributed by atoms with Crippen LogP contribution in [0, 0.1) is 11.8 Å². The Hall–Kier alpha value is -3.20. The van der Waals surface area contributed by atoms with Gasteiger partial charge in [0.25, 0.3) is 0 Å². The van der Waals surface area contributed by atoms with Gasteiger partial charge in [-0.1, -0.05) is 93.1 Å². The molecule has 1 fully saturated rings. The summed E-state index contributed by atoms with van der Waals surface area (Å²) in [4.78, 5) is 26.0. The van der Waals surface area contributed by atoms with Crippen LogP contribution in [-0.4, -0.2) is 18.4 Å². The van der Waals surface area contributed by atoms with Crippen molar-refractivity contribution in [1.29, 1.82) is 0 Å². The lowest BCUT2D eigenvalue weighted by Crippen LogP contribution is -2.13. The number of esters is 1.